The van der Waals surface area contributed by atoms with Crippen LogP contribution in [-0.4, -0.2) is 33.0 Å². The molecule has 1 aromatic rings. The smallest absolute Gasteiger partial charge is 0.163 e. The largest absolute Gasteiger partial charge is 0.486 e. The zero-order valence-corrected chi connectivity index (χ0v) is 11.6. The third-order valence-electron chi connectivity index (χ3n) is 2.73. The van der Waals surface area contributed by atoms with E-state index in [0.29, 0.717) is 37.2 Å². The zero-order valence-electron chi connectivity index (χ0n) is 11.6. The van der Waals surface area contributed by atoms with Gasteiger partial charge in [0.1, 0.15) is 13.2 Å². The molecule has 1 aliphatic rings. The average Bonchev–Trinajstić information content (AvgIpc) is 2.38. The van der Waals surface area contributed by atoms with Gasteiger partial charge in [0.25, 0.3) is 0 Å². The summed E-state index contributed by atoms with van der Waals surface area (Å²) in [6.45, 7) is 7.56. The van der Waals surface area contributed by atoms with Crippen molar-refractivity contribution < 1.29 is 14.2 Å². The van der Waals surface area contributed by atoms with E-state index in [1.165, 1.54) is 0 Å². The molecule has 0 atom stereocenters. The zero-order chi connectivity index (χ0) is 13.7. The number of hydrogen-bond donors (Lipinski definition) is 2. The Balaban J connectivity index is 1.86. The van der Waals surface area contributed by atoms with Gasteiger partial charge < -0.3 is 25.3 Å². The van der Waals surface area contributed by atoms with Crippen LogP contribution in [0.1, 0.15) is 13.8 Å². The van der Waals surface area contributed by atoms with Crippen LogP contribution >= 0.6 is 0 Å². The van der Waals surface area contributed by atoms with Gasteiger partial charge >= 0.3 is 0 Å². The predicted octanol–water partition coefficient (Wildman–Crippen LogP) is 2.12. The summed E-state index contributed by atoms with van der Waals surface area (Å²) in [6.07, 6.45) is 0. The number of anilines is 2. The van der Waals surface area contributed by atoms with Gasteiger partial charge in [-0.25, -0.2) is 0 Å². The Kier molecular flexibility index (Phi) is 4.74. The first-order valence-corrected chi connectivity index (χ1v) is 6.67. The SMILES string of the molecule is CC(C)COCCNc1cc2c(cc1N)OCCO2. The maximum atomic E-state index is 5.97. The van der Waals surface area contributed by atoms with Gasteiger partial charge in [-0.2, -0.15) is 0 Å². The molecular formula is C14H22N2O3. The first-order chi connectivity index (χ1) is 9.16. The molecule has 106 valence electrons. The molecule has 0 aliphatic carbocycles. The Bertz CT molecular complexity index is 421. The summed E-state index contributed by atoms with van der Waals surface area (Å²) in [5, 5.41) is 3.25. The molecule has 0 aromatic heterocycles. The van der Waals surface area contributed by atoms with Crippen molar-refractivity contribution in [3.05, 3.63) is 12.1 Å². The first kappa shape index (κ1) is 13.8. The van der Waals surface area contributed by atoms with Crippen LogP contribution in [0.25, 0.3) is 0 Å². The van der Waals surface area contributed by atoms with Crippen molar-refractivity contribution in [2.75, 3.05) is 44.0 Å². The molecule has 0 bridgehead atoms. The molecule has 1 aromatic carbocycles. The Hall–Kier alpha value is -1.62. The minimum Gasteiger partial charge on any atom is -0.486 e. The van der Waals surface area contributed by atoms with Crippen LogP contribution in [0.3, 0.4) is 0 Å². The quantitative estimate of drug-likeness (QED) is 0.610. The second-order valence-corrected chi connectivity index (χ2v) is 4.98. The van der Waals surface area contributed by atoms with Gasteiger partial charge in [-0.05, 0) is 5.92 Å². The molecule has 5 nitrogen and oxygen atoms in total. The van der Waals surface area contributed by atoms with Crippen molar-refractivity contribution in [2.24, 2.45) is 5.92 Å². The molecule has 1 aliphatic heterocycles. The van der Waals surface area contributed by atoms with E-state index in [0.717, 1.165) is 24.6 Å². The van der Waals surface area contributed by atoms with E-state index >= 15 is 0 Å². The summed E-state index contributed by atoms with van der Waals surface area (Å²) in [4.78, 5) is 0. The summed E-state index contributed by atoms with van der Waals surface area (Å²) >= 11 is 0. The topological polar surface area (TPSA) is 65.7 Å². The molecule has 0 unspecified atom stereocenters. The fourth-order valence-corrected chi connectivity index (χ4v) is 1.83. The van der Waals surface area contributed by atoms with E-state index in [9.17, 15) is 0 Å². The van der Waals surface area contributed by atoms with Crippen molar-refractivity contribution in [1.29, 1.82) is 0 Å². The Labute approximate surface area is 114 Å². The normalized spacial score (nSPS) is 13.6. The van der Waals surface area contributed by atoms with E-state index in [1.807, 2.05) is 6.07 Å². The third-order valence-corrected chi connectivity index (χ3v) is 2.73. The number of hydrogen-bond acceptors (Lipinski definition) is 5. The maximum Gasteiger partial charge on any atom is 0.163 e. The lowest BCUT2D eigenvalue weighted by Crippen LogP contribution is -2.17. The number of nitrogens with two attached hydrogens (primary N) is 1. The van der Waals surface area contributed by atoms with Crippen molar-refractivity contribution in [2.45, 2.75) is 13.8 Å². The summed E-state index contributed by atoms with van der Waals surface area (Å²) in [5.41, 5.74) is 7.49. The number of fused-ring (bicyclic) bond motifs is 1. The van der Waals surface area contributed by atoms with Crippen LogP contribution < -0.4 is 20.5 Å². The van der Waals surface area contributed by atoms with Gasteiger partial charge in [-0.3, -0.25) is 0 Å². The van der Waals surface area contributed by atoms with Gasteiger partial charge in [0.2, 0.25) is 0 Å². The molecule has 2 rings (SSSR count). The molecule has 0 radical (unpaired) electrons. The van der Waals surface area contributed by atoms with Crippen LogP contribution in [-0.2, 0) is 4.74 Å². The molecule has 0 saturated carbocycles. The van der Waals surface area contributed by atoms with Crippen molar-refractivity contribution in [3.8, 4) is 11.5 Å². The van der Waals surface area contributed by atoms with Gasteiger partial charge in [0, 0.05) is 25.3 Å². The molecule has 0 saturated heterocycles. The van der Waals surface area contributed by atoms with E-state index in [4.69, 9.17) is 19.9 Å². The average molecular weight is 266 g/mol. The van der Waals surface area contributed by atoms with Crippen LogP contribution in [0.4, 0.5) is 11.4 Å². The highest BCUT2D eigenvalue weighted by atomic mass is 16.6. The van der Waals surface area contributed by atoms with Gasteiger partial charge in [0.05, 0.1) is 18.0 Å². The van der Waals surface area contributed by atoms with E-state index in [2.05, 4.69) is 19.2 Å². The monoisotopic (exact) mass is 266 g/mol. The molecule has 1 heterocycles. The fourth-order valence-electron chi connectivity index (χ4n) is 1.83. The molecule has 5 heteroatoms. The van der Waals surface area contributed by atoms with Gasteiger partial charge in [-0.1, -0.05) is 13.8 Å². The lowest BCUT2D eigenvalue weighted by Gasteiger charge is -2.20. The lowest BCUT2D eigenvalue weighted by atomic mass is 10.2. The lowest BCUT2D eigenvalue weighted by molar-refractivity contribution is 0.118. The molecule has 19 heavy (non-hydrogen) atoms. The Morgan fingerprint density at radius 1 is 1.26 bits per heavy atom. The fraction of sp³-hybridized carbons (Fsp3) is 0.571. The maximum absolute atomic E-state index is 5.97. The van der Waals surface area contributed by atoms with Crippen molar-refractivity contribution in [1.82, 2.24) is 0 Å². The van der Waals surface area contributed by atoms with E-state index in [1.54, 1.807) is 6.07 Å². The van der Waals surface area contributed by atoms with Crippen molar-refractivity contribution in [3.63, 3.8) is 0 Å². The molecule has 0 fully saturated rings. The number of rotatable bonds is 6. The third kappa shape index (κ3) is 3.92. The number of nitrogen functional groups attached to an aromatic ring is 1. The molecule has 0 amide bonds. The van der Waals surface area contributed by atoms with Crippen LogP contribution in [0.15, 0.2) is 12.1 Å². The van der Waals surface area contributed by atoms with Gasteiger partial charge in [-0.15, -0.1) is 0 Å². The summed E-state index contributed by atoms with van der Waals surface area (Å²) in [5.74, 6) is 2.01. The van der Waals surface area contributed by atoms with Gasteiger partial charge in [0.15, 0.2) is 11.5 Å². The van der Waals surface area contributed by atoms with Crippen molar-refractivity contribution >= 4 is 11.4 Å². The minimum atomic E-state index is 0.555. The molecule has 3 N–H and O–H groups in total. The first-order valence-electron chi connectivity index (χ1n) is 6.67. The highest BCUT2D eigenvalue weighted by molar-refractivity contribution is 5.72. The molecular weight excluding hydrogens is 244 g/mol. The summed E-state index contributed by atoms with van der Waals surface area (Å²) in [7, 11) is 0. The standard InChI is InChI=1S/C14H22N2O3/c1-10(2)9-17-4-3-16-12-8-14-13(7-11(12)15)18-5-6-19-14/h7-8,10,16H,3-6,9,15H2,1-2H3. The Morgan fingerprint density at radius 2 is 1.95 bits per heavy atom. The van der Waals surface area contributed by atoms with Crippen LogP contribution in [0, 0.1) is 5.92 Å². The number of nitrogens with one attached hydrogen (secondary N) is 1. The highest BCUT2D eigenvalue weighted by Crippen LogP contribution is 2.36. The second kappa shape index (κ2) is 6.52. The van der Waals surface area contributed by atoms with Crippen LogP contribution in [0.5, 0.6) is 11.5 Å². The summed E-state index contributed by atoms with van der Waals surface area (Å²) in [6, 6.07) is 3.68. The Morgan fingerprint density at radius 3 is 2.63 bits per heavy atom. The van der Waals surface area contributed by atoms with E-state index in [-0.39, 0.29) is 0 Å². The highest BCUT2D eigenvalue weighted by Gasteiger charge is 2.14. The van der Waals surface area contributed by atoms with Crippen LogP contribution in [0.2, 0.25) is 0 Å². The number of ether oxygens (including phenoxy) is 3. The predicted molar refractivity (Wildman–Crippen MR) is 76.0 cm³/mol. The van der Waals surface area contributed by atoms with E-state index < -0.39 is 0 Å². The molecule has 0 spiro atoms. The minimum absolute atomic E-state index is 0.555. The summed E-state index contributed by atoms with van der Waals surface area (Å²) < 4.78 is 16.5. The second-order valence-electron chi connectivity index (χ2n) is 4.98. The number of benzene rings is 1.